The zero-order valence-electron chi connectivity index (χ0n) is 20.8. The van der Waals surface area contributed by atoms with Crippen molar-refractivity contribution in [3.63, 3.8) is 0 Å². The van der Waals surface area contributed by atoms with Gasteiger partial charge in [-0.05, 0) is 37.9 Å². The number of likely N-dealkylation sites (N-methyl/N-ethyl adjacent to an activating group) is 1. The van der Waals surface area contributed by atoms with Crippen LogP contribution in [-0.4, -0.2) is 92.7 Å². The van der Waals surface area contributed by atoms with Crippen molar-refractivity contribution in [1.82, 2.24) is 19.8 Å². The molecular weight excluding hydrogens is 558 g/mol. The Morgan fingerprint density at radius 1 is 1.13 bits per heavy atom. The molecule has 2 saturated heterocycles. The van der Waals surface area contributed by atoms with Gasteiger partial charge in [-0.25, -0.2) is 14.6 Å². The monoisotopic (exact) mass is 586 g/mol. The van der Waals surface area contributed by atoms with Gasteiger partial charge in [0.05, 0.1) is 18.8 Å². The highest BCUT2D eigenvalue weighted by Crippen LogP contribution is 2.38. The van der Waals surface area contributed by atoms with E-state index in [9.17, 15) is 26.3 Å². The van der Waals surface area contributed by atoms with E-state index in [0.29, 0.717) is 6.04 Å². The van der Waals surface area contributed by atoms with E-state index in [-0.39, 0.29) is 5.60 Å². The highest BCUT2D eigenvalue weighted by atomic mass is 32.1. The third-order valence-electron chi connectivity index (χ3n) is 6.06. The maximum absolute atomic E-state index is 10.6. The van der Waals surface area contributed by atoms with Crippen molar-refractivity contribution < 1.29 is 50.9 Å². The van der Waals surface area contributed by atoms with Crippen LogP contribution in [0.3, 0.4) is 0 Å². The Bertz CT molecular complexity index is 1010. The Labute approximate surface area is 224 Å². The van der Waals surface area contributed by atoms with Crippen molar-refractivity contribution in [2.45, 2.75) is 56.3 Å². The number of likely N-dealkylation sites (tertiary alicyclic amines) is 1. The normalized spacial score (nSPS) is 19.1. The van der Waals surface area contributed by atoms with E-state index in [1.54, 1.807) is 11.3 Å². The number of nitrogens with zero attached hydrogens (tertiary/aromatic N) is 4. The van der Waals surface area contributed by atoms with Crippen LogP contribution >= 0.6 is 11.3 Å². The molecule has 0 bridgehead atoms. The summed E-state index contributed by atoms with van der Waals surface area (Å²) in [6.45, 7) is 4.99. The van der Waals surface area contributed by atoms with Gasteiger partial charge in [0.1, 0.15) is 5.01 Å². The molecule has 2 aromatic heterocycles. The van der Waals surface area contributed by atoms with E-state index < -0.39 is 24.3 Å². The number of carbonyl (C=O) groups is 2. The predicted octanol–water partition coefficient (Wildman–Crippen LogP) is 4.06. The fraction of sp³-hybridized carbons (Fsp3) is 0.565. The third kappa shape index (κ3) is 11.1. The van der Waals surface area contributed by atoms with Crippen molar-refractivity contribution in [1.29, 1.82) is 0 Å². The molecule has 0 aromatic carbocycles. The smallest absolute Gasteiger partial charge is 0.475 e. The van der Waals surface area contributed by atoms with Crippen LogP contribution in [0.15, 0.2) is 36.1 Å². The standard InChI is InChI=1S/C19H26N4OS.2C2HF3O2/c1-22(13-16-3-2-6-20-12-16)17-11-19(24-15-17)4-8-23(9-5-19)14-18-21-7-10-25-18;2*3-2(4,5)1(6)7/h2-3,6-7,10,12,17H,4-5,8-9,11,13-15H2,1H3;2*(H,6,7). The summed E-state index contributed by atoms with van der Waals surface area (Å²) < 4.78 is 69.8. The zero-order valence-corrected chi connectivity index (χ0v) is 21.6. The molecule has 0 amide bonds. The lowest BCUT2D eigenvalue weighted by molar-refractivity contribution is -0.193. The van der Waals surface area contributed by atoms with Gasteiger partial charge in [-0.15, -0.1) is 11.3 Å². The number of rotatable bonds is 5. The molecule has 4 rings (SSSR count). The van der Waals surface area contributed by atoms with Crippen molar-refractivity contribution in [3.8, 4) is 0 Å². The fourth-order valence-electron chi connectivity index (χ4n) is 4.00. The van der Waals surface area contributed by atoms with Gasteiger partial charge in [0, 0.05) is 49.6 Å². The maximum Gasteiger partial charge on any atom is 0.490 e. The van der Waals surface area contributed by atoms with Gasteiger partial charge in [0.25, 0.3) is 0 Å². The minimum atomic E-state index is -5.08. The second-order valence-electron chi connectivity index (χ2n) is 8.94. The number of carboxylic acids is 2. The van der Waals surface area contributed by atoms with E-state index in [1.807, 2.05) is 24.7 Å². The van der Waals surface area contributed by atoms with Gasteiger partial charge < -0.3 is 14.9 Å². The number of thiazole rings is 1. The fourth-order valence-corrected chi connectivity index (χ4v) is 4.66. The van der Waals surface area contributed by atoms with Crippen molar-refractivity contribution in [2.75, 3.05) is 26.7 Å². The third-order valence-corrected chi connectivity index (χ3v) is 6.83. The van der Waals surface area contributed by atoms with Crippen molar-refractivity contribution in [2.24, 2.45) is 0 Å². The molecule has 1 unspecified atom stereocenters. The molecule has 2 aliphatic rings. The van der Waals surface area contributed by atoms with Crippen LogP contribution in [0, 0.1) is 0 Å². The molecule has 2 N–H and O–H groups in total. The van der Waals surface area contributed by atoms with Gasteiger partial charge in [-0.3, -0.25) is 14.8 Å². The SMILES string of the molecule is CN(Cc1cccnc1)C1COC2(CCN(Cc3nccs3)CC2)C1.O=C(O)C(F)(F)F.O=C(O)C(F)(F)F. The summed E-state index contributed by atoms with van der Waals surface area (Å²) in [4.78, 5) is 31.4. The lowest BCUT2D eigenvalue weighted by Crippen LogP contribution is -2.44. The number of pyridine rings is 1. The van der Waals surface area contributed by atoms with Crippen LogP contribution in [0.2, 0.25) is 0 Å². The Morgan fingerprint density at radius 2 is 1.72 bits per heavy atom. The zero-order chi connectivity index (χ0) is 29.3. The van der Waals surface area contributed by atoms with Gasteiger partial charge in [-0.2, -0.15) is 26.3 Å². The molecule has 2 aromatic rings. The molecular formula is C23H28F6N4O5S. The van der Waals surface area contributed by atoms with Gasteiger partial charge in [-0.1, -0.05) is 6.07 Å². The predicted molar refractivity (Wildman–Crippen MR) is 127 cm³/mol. The molecule has 9 nitrogen and oxygen atoms in total. The number of alkyl halides is 6. The van der Waals surface area contributed by atoms with E-state index in [0.717, 1.165) is 52.0 Å². The molecule has 2 aliphatic heterocycles. The van der Waals surface area contributed by atoms with E-state index in [1.165, 1.54) is 10.6 Å². The molecule has 2 fully saturated rings. The van der Waals surface area contributed by atoms with Gasteiger partial charge in [0.2, 0.25) is 0 Å². The molecule has 4 heterocycles. The average Bonchev–Trinajstić information content (AvgIpc) is 3.51. The van der Waals surface area contributed by atoms with Crippen LogP contribution in [0.25, 0.3) is 0 Å². The summed E-state index contributed by atoms with van der Waals surface area (Å²) >= 11 is 1.75. The number of hydrogen-bond acceptors (Lipinski definition) is 8. The number of aromatic nitrogens is 2. The molecule has 218 valence electrons. The molecule has 0 radical (unpaired) electrons. The first-order chi connectivity index (χ1) is 18.1. The second kappa shape index (κ2) is 14.0. The second-order valence-corrected chi connectivity index (χ2v) is 9.92. The molecule has 0 saturated carbocycles. The summed E-state index contributed by atoms with van der Waals surface area (Å²) in [5, 5.41) is 17.5. The minimum absolute atomic E-state index is 0.0905. The van der Waals surface area contributed by atoms with Crippen LogP contribution in [0.5, 0.6) is 0 Å². The highest BCUT2D eigenvalue weighted by molar-refractivity contribution is 7.09. The quantitative estimate of drug-likeness (QED) is 0.501. The van der Waals surface area contributed by atoms with Crippen LogP contribution in [0.4, 0.5) is 26.3 Å². The van der Waals surface area contributed by atoms with E-state index >= 15 is 0 Å². The molecule has 1 atom stereocenters. The summed E-state index contributed by atoms with van der Waals surface area (Å²) in [6, 6.07) is 4.66. The maximum atomic E-state index is 10.6. The highest BCUT2D eigenvalue weighted by Gasteiger charge is 2.44. The van der Waals surface area contributed by atoms with E-state index in [4.69, 9.17) is 24.5 Å². The van der Waals surface area contributed by atoms with Crippen LogP contribution in [-0.2, 0) is 27.4 Å². The number of ether oxygens (including phenoxy) is 1. The molecule has 1 spiro atoms. The summed E-state index contributed by atoms with van der Waals surface area (Å²) in [5.74, 6) is -5.51. The van der Waals surface area contributed by atoms with Crippen molar-refractivity contribution >= 4 is 23.3 Å². The lowest BCUT2D eigenvalue weighted by Gasteiger charge is -2.38. The lowest BCUT2D eigenvalue weighted by atomic mass is 9.87. The minimum Gasteiger partial charge on any atom is -0.475 e. The Balaban J connectivity index is 0.000000317. The van der Waals surface area contributed by atoms with Gasteiger partial charge >= 0.3 is 24.3 Å². The Hall–Kier alpha value is -2.82. The summed E-state index contributed by atoms with van der Waals surface area (Å²) in [5.41, 5.74) is 1.36. The average molecular weight is 587 g/mol. The first-order valence-corrected chi connectivity index (χ1v) is 12.4. The number of carboxylic acid groups (broad SMARTS) is 2. The Morgan fingerprint density at radius 3 is 2.18 bits per heavy atom. The first kappa shape index (κ1) is 32.4. The summed E-state index contributed by atoms with van der Waals surface area (Å²) in [7, 11) is 2.21. The number of aliphatic carboxylic acids is 2. The largest absolute Gasteiger partial charge is 0.490 e. The summed E-state index contributed by atoms with van der Waals surface area (Å²) in [6.07, 6.45) is -1.07. The molecule has 39 heavy (non-hydrogen) atoms. The molecule has 16 heteroatoms. The van der Waals surface area contributed by atoms with Gasteiger partial charge in [0.15, 0.2) is 0 Å². The van der Waals surface area contributed by atoms with Crippen LogP contribution < -0.4 is 0 Å². The molecule has 0 aliphatic carbocycles. The van der Waals surface area contributed by atoms with Crippen LogP contribution in [0.1, 0.15) is 29.8 Å². The topological polar surface area (TPSA) is 116 Å². The number of hydrogen-bond donors (Lipinski definition) is 2. The van der Waals surface area contributed by atoms with E-state index in [2.05, 4.69) is 38.3 Å². The first-order valence-electron chi connectivity index (χ1n) is 11.6. The number of piperidine rings is 1. The number of halogens is 6. The Kier molecular flexibility index (Phi) is 11.6. The van der Waals surface area contributed by atoms with Crippen molar-refractivity contribution in [3.05, 3.63) is 46.7 Å².